The highest BCUT2D eigenvalue weighted by Gasteiger charge is 2.39. The first-order valence-electron chi connectivity index (χ1n) is 4.85. The van der Waals surface area contributed by atoms with Crippen molar-refractivity contribution in [2.75, 3.05) is 7.11 Å². The van der Waals surface area contributed by atoms with Gasteiger partial charge in [0.1, 0.15) is 11.6 Å². The minimum atomic E-state index is -0.298. The number of halogens is 2. The molecule has 2 nitrogen and oxygen atoms in total. The fraction of sp³-hybridized carbons (Fsp3) is 0.455. The maximum absolute atomic E-state index is 13.6. The quantitative estimate of drug-likeness (QED) is 0.865. The standard InChI is InChI=1S/C11H13ClFNO/c1-15-10-7(6-11(14)4-5-11)9(13)3-2-8(10)12/h2-3H,4-6,14H2,1H3. The fourth-order valence-corrected chi connectivity index (χ4v) is 1.90. The summed E-state index contributed by atoms with van der Waals surface area (Å²) in [5.74, 6) is 0.112. The maximum Gasteiger partial charge on any atom is 0.143 e. The summed E-state index contributed by atoms with van der Waals surface area (Å²) < 4.78 is 18.7. The van der Waals surface area contributed by atoms with Gasteiger partial charge in [0.2, 0.25) is 0 Å². The Labute approximate surface area is 93.2 Å². The lowest BCUT2D eigenvalue weighted by Gasteiger charge is -2.14. The van der Waals surface area contributed by atoms with E-state index in [-0.39, 0.29) is 11.4 Å². The van der Waals surface area contributed by atoms with Crippen molar-refractivity contribution in [2.24, 2.45) is 5.73 Å². The molecule has 0 unspecified atom stereocenters. The van der Waals surface area contributed by atoms with Crippen molar-refractivity contribution in [3.8, 4) is 5.75 Å². The average molecular weight is 230 g/mol. The molecular weight excluding hydrogens is 217 g/mol. The van der Waals surface area contributed by atoms with E-state index >= 15 is 0 Å². The summed E-state index contributed by atoms with van der Waals surface area (Å²) in [6.07, 6.45) is 2.35. The monoisotopic (exact) mass is 229 g/mol. The smallest absolute Gasteiger partial charge is 0.143 e. The zero-order chi connectivity index (χ0) is 11.1. The Balaban J connectivity index is 2.38. The lowest BCUT2D eigenvalue weighted by molar-refractivity contribution is 0.401. The Morgan fingerprint density at radius 1 is 1.53 bits per heavy atom. The van der Waals surface area contributed by atoms with Crippen LogP contribution in [0, 0.1) is 5.82 Å². The van der Waals surface area contributed by atoms with Crippen molar-refractivity contribution in [1.29, 1.82) is 0 Å². The second-order valence-corrected chi connectivity index (χ2v) is 4.49. The average Bonchev–Trinajstić information content (AvgIpc) is 2.91. The molecule has 0 bridgehead atoms. The molecule has 2 N–H and O–H groups in total. The van der Waals surface area contributed by atoms with Crippen LogP contribution in [-0.2, 0) is 6.42 Å². The van der Waals surface area contributed by atoms with Crippen molar-refractivity contribution in [1.82, 2.24) is 0 Å². The van der Waals surface area contributed by atoms with Crippen LogP contribution in [0.2, 0.25) is 5.02 Å². The third-order valence-corrected chi connectivity index (χ3v) is 3.08. The van der Waals surface area contributed by atoms with E-state index < -0.39 is 0 Å². The van der Waals surface area contributed by atoms with Gasteiger partial charge in [-0.15, -0.1) is 0 Å². The molecule has 1 aromatic carbocycles. The highest BCUT2D eigenvalue weighted by molar-refractivity contribution is 6.32. The van der Waals surface area contributed by atoms with Crippen LogP contribution in [-0.4, -0.2) is 12.6 Å². The summed E-state index contributed by atoms with van der Waals surface area (Å²) in [4.78, 5) is 0. The van der Waals surface area contributed by atoms with Crippen molar-refractivity contribution in [2.45, 2.75) is 24.8 Å². The normalized spacial score (nSPS) is 17.6. The van der Waals surface area contributed by atoms with Crippen LogP contribution in [0.3, 0.4) is 0 Å². The first kappa shape index (κ1) is 10.7. The van der Waals surface area contributed by atoms with Crippen molar-refractivity contribution < 1.29 is 9.13 Å². The van der Waals surface area contributed by atoms with Crippen molar-refractivity contribution in [3.05, 3.63) is 28.5 Å². The molecule has 0 atom stereocenters. The third-order valence-electron chi connectivity index (χ3n) is 2.78. The van der Waals surface area contributed by atoms with Gasteiger partial charge in [0.15, 0.2) is 0 Å². The molecule has 1 fully saturated rings. The van der Waals surface area contributed by atoms with Crippen LogP contribution in [0.15, 0.2) is 12.1 Å². The van der Waals surface area contributed by atoms with Gasteiger partial charge in [-0.3, -0.25) is 0 Å². The van der Waals surface area contributed by atoms with Gasteiger partial charge < -0.3 is 10.5 Å². The van der Waals surface area contributed by atoms with Gasteiger partial charge >= 0.3 is 0 Å². The third kappa shape index (κ3) is 2.08. The Bertz CT molecular complexity index is 390. The molecule has 1 aromatic rings. The largest absolute Gasteiger partial charge is 0.495 e. The van der Waals surface area contributed by atoms with Gasteiger partial charge in [0.05, 0.1) is 12.1 Å². The Morgan fingerprint density at radius 3 is 2.73 bits per heavy atom. The molecule has 0 amide bonds. The molecule has 4 heteroatoms. The number of benzene rings is 1. The van der Waals surface area contributed by atoms with E-state index in [1.165, 1.54) is 19.2 Å². The van der Waals surface area contributed by atoms with Gasteiger partial charge in [0, 0.05) is 11.1 Å². The Hall–Kier alpha value is -0.800. The summed E-state index contributed by atoms with van der Waals surface area (Å²) >= 11 is 5.92. The molecular formula is C11H13ClFNO. The first-order valence-corrected chi connectivity index (χ1v) is 5.23. The van der Waals surface area contributed by atoms with Crippen LogP contribution in [0.1, 0.15) is 18.4 Å². The number of hydrogen-bond acceptors (Lipinski definition) is 2. The Kier molecular flexibility index (Phi) is 2.61. The van der Waals surface area contributed by atoms with E-state index in [0.29, 0.717) is 22.8 Å². The molecule has 2 rings (SSSR count). The van der Waals surface area contributed by atoms with E-state index in [2.05, 4.69) is 0 Å². The molecule has 0 saturated heterocycles. The number of nitrogens with two attached hydrogens (primary N) is 1. The lowest BCUT2D eigenvalue weighted by Crippen LogP contribution is -2.25. The zero-order valence-corrected chi connectivity index (χ0v) is 9.27. The van der Waals surface area contributed by atoms with E-state index in [1.807, 2.05) is 0 Å². The van der Waals surface area contributed by atoms with Gasteiger partial charge in [-0.1, -0.05) is 11.6 Å². The van der Waals surface area contributed by atoms with E-state index in [4.69, 9.17) is 22.1 Å². The zero-order valence-electron chi connectivity index (χ0n) is 8.52. The fourth-order valence-electron chi connectivity index (χ4n) is 1.65. The second kappa shape index (κ2) is 3.65. The van der Waals surface area contributed by atoms with Crippen LogP contribution in [0.5, 0.6) is 5.75 Å². The molecule has 1 aliphatic carbocycles. The highest BCUT2D eigenvalue weighted by Crippen LogP contribution is 2.40. The van der Waals surface area contributed by atoms with Gasteiger partial charge in [-0.25, -0.2) is 4.39 Å². The lowest BCUT2D eigenvalue weighted by atomic mass is 10.0. The number of rotatable bonds is 3. The number of methoxy groups -OCH3 is 1. The van der Waals surface area contributed by atoms with Crippen molar-refractivity contribution in [3.63, 3.8) is 0 Å². The summed E-state index contributed by atoms with van der Waals surface area (Å²) in [7, 11) is 1.49. The summed E-state index contributed by atoms with van der Waals surface area (Å²) in [6, 6.07) is 2.85. The molecule has 0 spiro atoms. The second-order valence-electron chi connectivity index (χ2n) is 4.08. The van der Waals surface area contributed by atoms with E-state index in [9.17, 15) is 4.39 Å². The van der Waals surface area contributed by atoms with Gasteiger partial charge in [-0.2, -0.15) is 0 Å². The Morgan fingerprint density at radius 2 is 2.20 bits per heavy atom. The molecule has 0 radical (unpaired) electrons. The molecule has 1 aliphatic rings. The summed E-state index contributed by atoms with van der Waals surface area (Å²) in [5, 5.41) is 0.429. The first-order chi connectivity index (χ1) is 7.06. The molecule has 0 aliphatic heterocycles. The molecule has 15 heavy (non-hydrogen) atoms. The number of hydrogen-bond donors (Lipinski definition) is 1. The molecule has 0 aromatic heterocycles. The highest BCUT2D eigenvalue weighted by atomic mass is 35.5. The summed E-state index contributed by atoms with van der Waals surface area (Å²) in [5.41, 5.74) is 6.20. The minimum absolute atomic E-state index is 0.251. The van der Waals surface area contributed by atoms with Crippen LogP contribution >= 0.6 is 11.6 Å². The van der Waals surface area contributed by atoms with E-state index in [1.54, 1.807) is 0 Å². The predicted octanol–water partition coefficient (Wildman–Crippen LogP) is 2.52. The molecule has 82 valence electrons. The SMILES string of the molecule is COc1c(Cl)ccc(F)c1CC1(N)CC1. The van der Waals surface area contributed by atoms with Crippen LogP contribution in [0.4, 0.5) is 4.39 Å². The van der Waals surface area contributed by atoms with Crippen LogP contribution in [0.25, 0.3) is 0 Å². The van der Waals surface area contributed by atoms with Gasteiger partial charge in [-0.05, 0) is 31.4 Å². The van der Waals surface area contributed by atoms with E-state index in [0.717, 1.165) is 12.8 Å². The predicted molar refractivity (Wildman–Crippen MR) is 57.8 cm³/mol. The summed E-state index contributed by atoms with van der Waals surface area (Å²) in [6.45, 7) is 0. The van der Waals surface area contributed by atoms with Crippen molar-refractivity contribution >= 4 is 11.6 Å². The maximum atomic E-state index is 13.6. The topological polar surface area (TPSA) is 35.2 Å². The minimum Gasteiger partial charge on any atom is -0.495 e. The number of ether oxygens (including phenoxy) is 1. The molecule has 0 heterocycles. The van der Waals surface area contributed by atoms with Crippen LogP contribution < -0.4 is 10.5 Å². The molecule has 1 saturated carbocycles. The van der Waals surface area contributed by atoms with Gasteiger partial charge in [0.25, 0.3) is 0 Å².